The molecule has 0 aliphatic carbocycles. The molecule has 0 aliphatic rings. The van der Waals surface area contributed by atoms with Crippen molar-refractivity contribution in [2.24, 2.45) is 0 Å². The zero-order chi connectivity index (χ0) is 22.6. The van der Waals surface area contributed by atoms with Crippen LogP contribution in [0.25, 0.3) is 33.4 Å². The highest BCUT2D eigenvalue weighted by Gasteiger charge is 2.12. The maximum atomic E-state index is 5.00. The van der Waals surface area contributed by atoms with Crippen LogP contribution in [0.4, 0.5) is 5.69 Å². The van der Waals surface area contributed by atoms with Crippen molar-refractivity contribution < 1.29 is 0 Å². The van der Waals surface area contributed by atoms with E-state index in [1.165, 1.54) is 16.7 Å². The first-order chi connectivity index (χ1) is 16.2. The molecule has 0 spiro atoms. The van der Waals surface area contributed by atoms with Crippen molar-refractivity contribution in [2.75, 3.05) is 5.32 Å². The summed E-state index contributed by atoms with van der Waals surface area (Å²) in [4.78, 5) is 9.44. The van der Waals surface area contributed by atoms with E-state index in [2.05, 4.69) is 96.9 Å². The van der Waals surface area contributed by atoms with Crippen LogP contribution < -0.4 is 5.32 Å². The molecule has 3 nitrogen and oxygen atoms in total. The minimum atomic E-state index is 0.434. The molecule has 0 bridgehead atoms. The summed E-state index contributed by atoms with van der Waals surface area (Å²) in [5.41, 5.74) is 8.96. The normalized spacial score (nSPS) is 11.1. The molecule has 0 amide bonds. The predicted molar refractivity (Wildman–Crippen MR) is 138 cm³/mol. The summed E-state index contributed by atoms with van der Waals surface area (Å²) in [5.74, 6) is 0.434. The molecular formula is C30H27N3. The van der Waals surface area contributed by atoms with Gasteiger partial charge in [-0.25, -0.2) is 4.98 Å². The second kappa shape index (κ2) is 9.25. The summed E-state index contributed by atoms with van der Waals surface area (Å²) in [7, 11) is 0. The van der Waals surface area contributed by atoms with Gasteiger partial charge in [0.05, 0.1) is 16.9 Å². The molecule has 162 valence electrons. The van der Waals surface area contributed by atoms with E-state index < -0.39 is 0 Å². The van der Waals surface area contributed by atoms with Crippen molar-refractivity contribution in [2.45, 2.75) is 26.3 Å². The predicted octanol–water partition coefficient (Wildman–Crippen LogP) is 7.70. The molecule has 33 heavy (non-hydrogen) atoms. The zero-order valence-electron chi connectivity index (χ0n) is 19.0. The molecule has 0 aliphatic heterocycles. The van der Waals surface area contributed by atoms with E-state index in [0.29, 0.717) is 5.92 Å². The molecule has 1 N–H and O–H groups in total. The Morgan fingerprint density at radius 2 is 1.52 bits per heavy atom. The van der Waals surface area contributed by atoms with Gasteiger partial charge in [0.1, 0.15) is 0 Å². The van der Waals surface area contributed by atoms with Crippen molar-refractivity contribution in [3.05, 3.63) is 114 Å². The summed E-state index contributed by atoms with van der Waals surface area (Å²) < 4.78 is 0. The average molecular weight is 430 g/mol. The van der Waals surface area contributed by atoms with E-state index in [1.807, 2.05) is 30.5 Å². The number of fused-ring (bicyclic) bond motifs is 1. The summed E-state index contributed by atoms with van der Waals surface area (Å²) in [6.07, 6.45) is 1.83. The number of nitrogens with zero attached hydrogens (tertiary/aromatic N) is 2. The maximum Gasteiger partial charge on any atom is 0.0733 e. The van der Waals surface area contributed by atoms with Gasteiger partial charge in [-0.2, -0.15) is 0 Å². The number of nitrogens with one attached hydrogen (secondary N) is 1. The number of pyridine rings is 2. The van der Waals surface area contributed by atoms with Gasteiger partial charge in [-0.15, -0.1) is 0 Å². The van der Waals surface area contributed by atoms with Gasteiger partial charge in [0.2, 0.25) is 0 Å². The molecule has 0 radical (unpaired) electrons. The fourth-order valence-corrected chi connectivity index (χ4v) is 4.22. The highest BCUT2D eigenvalue weighted by molar-refractivity contribution is 5.94. The number of anilines is 1. The lowest BCUT2D eigenvalue weighted by molar-refractivity contribution is 0.868. The van der Waals surface area contributed by atoms with Gasteiger partial charge >= 0.3 is 0 Å². The molecule has 0 unspecified atom stereocenters. The van der Waals surface area contributed by atoms with Gasteiger partial charge in [-0.3, -0.25) is 4.98 Å². The van der Waals surface area contributed by atoms with Crippen LogP contribution in [0.15, 0.2) is 103 Å². The van der Waals surface area contributed by atoms with Crippen molar-refractivity contribution >= 4 is 16.6 Å². The third-order valence-electron chi connectivity index (χ3n) is 5.97. The summed E-state index contributed by atoms with van der Waals surface area (Å²) in [6.45, 7) is 5.20. The van der Waals surface area contributed by atoms with Crippen LogP contribution in [0.2, 0.25) is 0 Å². The Kier molecular flexibility index (Phi) is 5.86. The third-order valence-corrected chi connectivity index (χ3v) is 5.97. The molecule has 5 aromatic rings. The number of aromatic nitrogens is 2. The highest BCUT2D eigenvalue weighted by Crippen LogP contribution is 2.33. The van der Waals surface area contributed by atoms with Gasteiger partial charge in [0, 0.05) is 34.9 Å². The topological polar surface area (TPSA) is 37.8 Å². The maximum absolute atomic E-state index is 5.00. The van der Waals surface area contributed by atoms with Crippen LogP contribution in [-0.2, 0) is 6.54 Å². The Labute approximate surface area is 195 Å². The van der Waals surface area contributed by atoms with Gasteiger partial charge < -0.3 is 5.32 Å². The molecule has 0 saturated carbocycles. The number of hydrogen-bond acceptors (Lipinski definition) is 3. The first kappa shape index (κ1) is 20.9. The molecule has 0 atom stereocenters. The minimum Gasteiger partial charge on any atom is -0.380 e. The lowest BCUT2D eigenvalue weighted by atomic mass is 9.94. The van der Waals surface area contributed by atoms with Gasteiger partial charge in [-0.1, -0.05) is 86.6 Å². The van der Waals surface area contributed by atoms with E-state index in [1.54, 1.807) is 0 Å². The number of benzene rings is 3. The molecule has 2 aromatic heterocycles. The Hall–Kier alpha value is -3.98. The standard InChI is InChI=1S/C30H27N3/c1-21(2)24-9-3-4-10-25(24)30-19-29(26-11-5-6-13-28(26)33-30)32-20-22-14-16-23(17-15-22)27-12-7-8-18-31-27/h3-19,21H,20H2,1-2H3,(H,32,33). The van der Waals surface area contributed by atoms with E-state index in [-0.39, 0.29) is 0 Å². The zero-order valence-corrected chi connectivity index (χ0v) is 19.0. The Morgan fingerprint density at radius 3 is 2.30 bits per heavy atom. The highest BCUT2D eigenvalue weighted by atomic mass is 14.9. The number of para-hydroxylation sites is 1. The average Bonchev–Trinajstić information content (AvgIpc) is 2.88. The molecule has 2 heterocycles. The van der Waals surface area contributed by atoms with E-state index in [0.717, 1.165) is 40.1 Å². The van der Waals surface area contributed by atoms with Crippen molar-refractivity contribution in [1.29, 1.82) is 0 Å². The van der Waals surface area contributed by atoms with Gasteiger partial charge in [0.25, 0.3) is 0 Å². The fourth-order valence-electron chi connectivity index (χ4n) is 4.22. The molecule has 3 aromatic carbocycles. The van der Waals surface area contributed by atoms with E-state index in [9.17, 15) is 0 Å². The van der Waals surface area contributed by atoms with Crippen molar-refractivity contribution in [1.82, 2.24) is 9.97 Å². The lowest BCUT2D eigenvalue weighted by Gasteiger charge is -2.16. The molecule has 3 heteroatoms. The SMILES string of the molecule is CC(C)c1ccccc1-c1cc(NCc2ccc(-c3ccccn3)cc2)c2ccccc2n1. The summed E-state index contributed by atoms with van der Waals surface area (Å²) in [6, 6.07) is 33.7. The van der Waals surface area contributed by atoms with Crippen molar-refractivity contribution in [3.8, 4) is 22.5 Å². The van der Waals surface area contributed by atoms with Crippen LogP contribution >= 0.6 is 0 Å². The van der Waals surface area contributed by atoms with E-state index >= 15 is 0 Å². The number of rotatable bonds is 6. The second-order valence-electron chi connectivity index (χ2n) is 8.58. The monoisotopic (exact) mass is 429 g/mol. The molecule has 0 fully saturated rings. The Morgan fingerprint density at radius 1 is 0.758 bits per heavy atom. The van der Waals surface area contributed by atoms with E-state index in [4.69, 9.17) is 4.98 Å². The Balaban J connectivity index is 1.46. The third kappa shape index (κ3) is 4.49. The Bertz CT molecular complexity index is 1370. The summed E-state index contributed by atoms with van der Waals surface area (Å²) >= 11 is 0. The van der Waals surface area contributed by atoms with Crippen LogP contribution in [0, 0.1) is 0 Å². The molecule has 5 rings (SSSR count). The van der Waals surface area contributed by atoms with Gasteiger partial charge in [0.15, 0.2) is 0 Å². The summed E-state index contributed by atoms with van der Waals surface area (Å²) in [5, 5.41) is 4.80. The smallest absolute Gasteiger partial charge is 0.0733 e. The van der Waals surface area contributed by atoms with Crippen LogP contribution in [0.3, 0.4) is 0 Å². The fraction of sp³-hybridized carbons (Fsp3) is 0.133. The lowest BCUT2D eigenvalue weighted by Crippen LogP contribution is -2.02. The van der Waals surface area contributed by atoms with Gasteiger partial charge in [-0.05, 0) is 41.3 Å². The molecular weight excluding hydrogens is 402 g/mol. The number of hydrogen-bond donors (Lipinski definition) is 1. The van der Waals surface area contributed by atoms with Crippen LogP contribution in [0.5, 0.6) is 0 Å². The molecule has 0 saturated heterocycles. The quantitative estimate of drug-likeness (QED) is 0.300. The van der Waals surface area contributed by atoms with Crippen LogP contribution in [-0.4, -0.2) is 9.97 Å². The first-order valence-corrected chi connectivity index (χ1v) is 11.4. The minimum absolute atomic E-state index is 0.434. The van der Waals surface area contributed by atoms with Crippen molar-refractivity contribution in [3.63, 3.8) is 0 Å². The second-order valence-corrected chi connectivity index (χ2v) is 8.58. The first-order valence-electron chi connectivity index (χ1n) is 11.4. The largest absolute Gasteiger partial charge is 0.380 e. The van der Waals surface area contributed by atoms with Crippen LogP contribution in [0.1, 0.15) is 30.9 Å².